The van der Waals surface area contributed by atoms with Crippen molar-refractivity contribution >= 4 is 17.1 Å². The second-order valence-electron chi connectivity index (χ2n) is 8.09. The summed E-state index contributed by atoms with van der Waals surface area (Å²) >= 11 is 0. The fourth-order valence-corrected chi connectivity index (χ4v) is 3.98. The summed E-state index contributed by atoms with van der Waals surface area (Å²) in [4.78, 5) is 21.3. The summed E-state index contributed by atoms with van der Waals surface area (Å²) in [7, 11) is 2.04. The molecule has 0 radical (unpaired) electrons. The van der Waals surface area contributed by atoms with Gasteiger partial charge in [-0.05, 0) is 56.7 Å². The molecule has 1 aliphatic rings. The minimum absolute atomic E-state index is 0.0127. The predicted octanol–water partition coefficient (Wildman–Crippen LogP) is 4.22. The van der Waals surface area contributed by atoms with Crippen molar-refractivity contribution in [1.82, 2.24) is 20.1 Å². The number of halogens is 2. The van der Waals surface area contributed by atoms with Crippen molar-refractivity contribution in [3.63, 3.8) is 0 Å². The Balaban J connectivity index is 1.49. The summed E-state index contributed by atoms with van der Waals surface area (Å²) in [6, 6.07) is 8.79. The number of rotatable bonds is 5. The number of hydrogen-bond acceptors (Lipinski definition) is 4. The molecule has 6 nitrogen and oxygen atoms in total. The van der Waals surface area contributed by atoms with Gasteiger partial charge in [-0.2, -0.15) is 0 Å². The number of oxazole rings is 1. The highest BCUT2D eigenvalue weighted by atomic mass is 19.1. The SMILES string of the molecule is Cc1nc2cc(CNC(=O)N(Cc3ccc(F)cc3F)C3CCN(C)CC3)ccc2o1. The molecule has 1 aromatic heterocycles. The number of amides is 2. The summed E-state index contributed by atoms with van der Waals surface area (Å²) < 4.78 is 33.1. The van der Waals surface area contributed by atoms with Crippen LogP contribution in [0.1, 0.15) is 29.9 Å². The number of benzene rings is 2. The molecular formula is C23H26F2N4O2. The van der Waals surface area contributed by atoms with Crippen LogP contribution >= 0.6 is 0 Å². The van der Waals surface area contributed by atoms with E-state index in [0.29, 0.717) is 23.6 Å². The molecule has 0 aliphatic carbocycles. The van der Waals surface area contributed by atoms with Crippen LogP contribution in [0.15, 0.2) is 40.8 Å². The molecule has 0 saturated carbocycles. The number of hydrogen-bond donors (Lipinski definition) is 1. The van der Waals surface area contributed by atoms with Crippen molar-refractivity contribution in [1.29, 1.82) is 0 Å². The van der Waals surface area contributed by atoms with Crippen molar-refractivity contribution in [2.24, 2.45) is 0 Å². The molecule has 3 aromatic rings. The van der Waals surface area contributed by atoms with Gasteiger partial charge in [0.25, 0.3) is 0 Å². The molecule has 0 atom stereocenters. The molecule has 0 unspecified atom stereocenters. The molecule has 1 fully saturated rings. The van der Waals surface area contributed by atoms with E-state index in [1.54, 1.807) is 11.8 Å². The zero-order chi connectivity index (χ0) is 22.0. The van der Waals surface area contributed by atoms with E-state index in [0.717, 1.165) is 43.1 Å². The van der Waals surface area contributed by atoms with Crippen LogP contribution in [0.25, 0.3) is 11.1 Å². The van der Waals surface area contributed by atoms with Crippen LogP contribution < -0.4 is 5.32 Å². The van der Waals surface area contributed by atoms with Crippen molar-refractivity contribution in [2.45, 2.75) is 38.9 Å². The number of piperidine rings is 1. The standard InChI is InChI=1S/C23H26F2N4O2/c1-15-27-21-11-16(3-6-22(21)31-15)13-26-23(30)29(19-7-9-28(2)10-8-19)14-17-4-5-18(24)12-20(17)25/h3-6,11-12,19H,7-10,13-14H2,1-2H3,(H,26,30). The average Bonchev–Trinajstić information content (AvgIpc) is 3.11. The van der Waals surface area contributed by atoms with Crippen molar-refractivity contribution in [2.75, 3.05) is 20.1 Å². The number of nitrogens with one attached hydrogen (secondary N) is 1. The molecule has 2 heterocycles. The summed E-state index contributed by atoms with van der Waals surface area (Å²) in [5.41, 5.74) is 2.64. The largest absolute Gasteiger partial charge is 0.441 e. The van der Waals surface area contributed by atoms with Crippen LogP contribution in [-0.4, -0.2) is 47.0 Å². The van der Waals surface area contributed by atoms with E-state index in [9.17, 15) is 13.6 Å². The first kappa shape index (κ1) is 21.2. The summed E-state index contributed by atoms with van der Waals surface area (Å²) in [5, 5.41) is 2.95. The lowest BCUT2D eigenvalue weighted by Crippen LogP contribution is -2.49. The molecule has 1 aliphatic heterocycles. The Labute approximate surface area is 179 Å². The lowest BCUT2D eigenvalue weighted by atomic mass is 10.0. The first-order valence-corrected chi connectivity index (χ1v) is 10.4. The van der Waals surface area contributed by atoms with Gasteiger partial charge in [0.15, 0.2) is 11.5 Å². The number of likely N-dealkylation sites (tertiary alicyclic amines) is 1. The Morgan fingerprint density at radius 1 is 1.23 bits per heavy atom. The lowest BCUT2D eigenvalue weighted by molar-refractivity contribution is 0.126. The van der Waals surface area contributed by atoms with Gasteiger partial charge >= 0.3 is 6.03 Å². The van der Waals surface area contributed by atoms with Crippen LogP contribution in [0.5, 0.6) is 0 Å². The van der Waals surface area contributed by atoms with Crippen LogP contribution in [0.4, 0.5) is 13.6 Å². The quantitative estimate of drug-likeness (QED) is 0.661. The van der Waals surface area contributed by atoms with Crippen LogP contribution in [-0.2, 0) is 13.1 Å². The Morgan fingerprint density at radius 2 is 2.00 bits per heavy atom. The van der Waals surface area contributed by atoms with E-state index in [-0.39, 0.29) is 18.6 Å². The van der Waals surface area contributed by atoms with E-state index in [1.807, 2.05) is 25.2 Å². The molecule has 8 heteroatoms. The Morgan fingerprint density at radius 3 is 2.74 bits per heavy atom. The maximum atomic E-state index is 14.3. The Hall–Kier alpha value is -3.00. The van der Waals surface area contributed by atoms with E-state index in [4.69, 9.17) is 4.42 Å². The van der Waals surface area contributed by atoms with Gasteiger partial charge in [0.1, 0.15) is 17.2 Å². The molecule has 31 heavy (non-hydrogen) atoms. The second-order valence-corrected chi connectivity index (χ2v) is 8.09. The molecule has 1 N–H and O–H groups in total. The van der Waals surface area contributed by atoms with E-state index in [1.165, 1.54) is 12.1 Å². The van der Waals surface area contributed by atoms with Gasteiger partial charge < -0.3 is 19.5 Å². The fourth-order valence-electron chi connectivity index (χ4n) is 3.98. The maximum Gasteiger partial charge on any atom is 0.318 e. The molecule has 164 valence electrons. The average molecular weight is 428 g/mol. The normalized spacial score (nSPS) is 15.4. The van der Waals surface area contributed by atoms with Gasteiger partial charge in [-0.3, -0.25) is 0 Å². The van der Waals surface area contributed by atoms with Gasteiger partial charge in [0.05, 0.1) is 6.54 Å². The highest BCUT2D eigenvalue weighted by Gasteiger charge is 2.28. The van der Waals surface area contributed by atoms with E-state index >= 15 is 0 Å². The zero-order valence-electron chi connectivity index (χ0n) is 17.7. The third-order valence-corrected chi connectivity index (χ3v) is 5.75. The first-order valence-electron chi connectivity index (χ1n) is 10.4. The number of fused-ring (bicyclic) bond motifs is 1. The number of aryl methyl sites for hydroxylation is 1. The van der Waals surface area contributed by atoms with Crippen molar-refractivity contribution in [3.05, 3.63) is 65.1 Å². The number of urea groups is 1. The van der Waals surface area contributed by atoms with Gasteiger partial charge in [0.2, 0.25) is 0 Å². The first-order chi connectivity index (χ1) is 14.9. The topological polar surface area (TPSA) is 61.6 Å². The second kappa shape index (κ2) is 9.01. The van der Waals surface area contributed by atoms with E-state index in [2.05, 4.69) is 15.2 Å². The lowest BCUT2D eigenvalue weighted by Gasteiger charge is -2.37. The minimum Gasteiger partial charge on any atom is -0.441 e. The number of nitrogens with zero attached hydrogens (tertiary/aromatic N) is 3. The van der Waals surface area contributed by atoms with Crippen molar-refractivity contribution in [3.8, 4) is 0 Å². The molecule has 0 spiro atoms. The number of aromatic nitrogens is 1. The highest BCUT2D eigenvalue weighted by Crippen LogP contribution is 2.21. The summed E-state index contributed by atoms with van der Waals surface area (Å²) in [6.07, 6.45) is 1.60. The van der Waals surface area contributed by atoms with Gasteiger partial charge in [-0.25, -0.2) is 18.6 Å². The number of carbonyl (C=O) groups is 1. The van der Waals surface area contributed by atoms with Gasteiger partial charge in [0, 0.05) is 31.1 Å². The summed E-state index contributed by atoms with van der Waals surface area (Å²) in [6.45, 7) is 3.92. The molecule has 2 aromatic carbocycles. The third kappa shape index (κ3) is 5.02. The predicted molar refractivity (Wildman–Crippen MR) is 113 cm³/mol. The smallest absolute Gasteiger partial charge is 0.318 e. The van der Waals surface area contributed by atoms with Crippen molar-refractivity contribution < 1.29 is 18.0 Å². The Kier molecular flexibility index (Phi) is 6.18. The monoisotopic (exact) mass is 428 g/mol. The van der Waals surface area contributed by atoms with E-state index < -0.39 is 11.6 Å². The summed E-state index contributed by atoms with van der Waals surface area (Å²) in [5.74, 6) is -0.682. The number of carbonyl (C=O) groups excluding carboxylic acids is 1. The molecule has 0 bridgehead atoms. The maximum absolute atomic E-state index is 14.3. The van der Waals surface area contributed by atoms with Crippen LogP contribution in [0.3, 0.4) is 0 Å². The third-order valence-electron chi connectivity index (χ3n) is 5.75. The molecule has 2 amide bonds. The molecule has 4 rings (SSSR count). The molecule has 1 saturated heterocycles. The van der Waals surface area contributed by atoms with Gasteiger partial charge in [-0.1, -0.05) is 12.1 Å². The zero-order valence-corrected chi connectivity index (χ0v) is 17.7. The van der Waals surface area contributed by atoms with Crippen LogP contribution in [0.2, 0.25) is 0 Å². The highest BCUT2D eigenvalue weighted by molar-refractivity contribution is 5.76. The fraction of sp³-hybridized carbons (Fsp3) is 0.391. The van der Waals surface area contributed by atoms with Crippen LogP contribution in [0, 0.1) is 18.6 Å². The molecular weight excluding hydrogens is 402 g/mol. The van der Waals surface area contributed by atoms with Gasteiger partial charge in [-0.15, -0.1) is 0 Å². The Bertz CT molecular complexity index is 1080. The minimum atomic E-state index is -0.641.